The fraction of sp³-hybridized carbons (Fsp3) is 0.308. The van der Waals surface area contributed by atoms with Crippen molar-refractivity contribution < 1.29 is 14.3 Å². The zero-order chi connectivity index (χ0) is 27.2. The van der Waals surface area contributed by atoms with E-state index in [0.717, 1.165) is 31.7 Å². The number of thiophene rings is 1. The van der Waals surface area contributed by atoms with E-state index in [1.807, 2.05) is 11.6 Å². The number of carbonyl (C=O) groups is 2. The Balaban J connectivity index is 1.59. The SMILES string of the molecule is CSCOc1cc(Cl)cc(C(=O)Nc2ccc(Cl)cc2)c1NC(=O)c1scc(CN2CCN(C)CC2)c1Cl. The molecule has 0 bridgehead atoms. The first-order valence-electron chi connectivity index (χ1n) is 11.8. The van der Waals surface area contributed by atoms with Gasteiger partial charge in [0.05, 0.1) is 16.3 Å². The normalized spacial score (nSPS) is 14.3. The predicted octanol–water partition coefficient (Wildman–Crippen LogP) is 6.66. The van der Waals surface area contributed by atoms with E-state index in [4.69, 9.17) is 39.5 Å². The summed E-state index contributed by atoms with van der Waals surface area (Å²) in [7, 11) is 2.11. The molecule has 0 atom stereocenters. The first-order chi connectivity index (χ1) is 18.2. The second kappa shape index (κ2) is 13.4. The van der Waals surface area contributed by atoms with Gasteiger partial charge in [0, 0.05) is 54.5 Å². The molecule has 1 aliphatic rings. The lowest BCUT2D eigenvalue weighted by Crippen LogP contribution is -2.43. The predicted molar refractivity (Wildman–Crippen MR) is 160 cm³/mol. The molecular formula is C26H27Cl3N4O3S2. The standard InChI is InChI=1S/C26H27Cl3N4O3S2/c1-32-7-9-33(10-8-32)13-16-14-38-24(22(16)29)26(35)31-23-20(11-18(28)12-21(23)36-15-37-2)25(34)30-19-5-3-17(27)4-6-19/h3-6,11-12,14H,7-10,13,15H2,1-2H3,(H,30,34)(H,31,35). The van der Waals surface area contributed by atoms with Gasteiger partial charge in [-0.3, -0.25) is 14.5 Å². The average molecular weight is 614 g/mol. The molecule has 1 aromatic heterocycles. The van der Waals surface area contributed by atoms with Crippen LogP contribution in [0.15, 0.2) is 41.8 Å². The minimum Gasteiger partial charge on any atom is -0.481 e. The molecule has 1 fully saturated rings. The Hall–Kier alpha value is -1.98. The number of nitrogens with one attached hydrogen (secondary N) is 2. The lowest BCUT2D eigenvalue weighted by atomic mass is 10.1. The van der Waals surface area contributed by atoms with E-state index in [9.17, 15) is 9.59 Å². The summed E-state index contributed by atoms with van der Waals surface area (Å²) in [5.41, 5.74) is 1.81. The number of likely N-dealkylation sites (N-methyl/N-ethyl adjacent to an activating group) is 1. The van der Waals surface area contributed by atoms with Crippen molar-refractivity contribution in [3.8, 4) is 5.75 Å². The number of nitrogens with zero attached hydrogens (tertiary/aromatic N) is 2. The number of halogens is 3. The van der Waals surface area contributed by atoms with Crippen molar-refractivity contribution in [2.24, 2.45) is 0 Å². The molecule has 0 radical (unpaired) electrons. The smallest absolute Gasteiger partial charge is 0.267 e. The maximum atomic E-state index is 13.4. The van der Waals surface area contributed by atoms with Crippen LogP contribution in [0.5, 0.6) is 5.75 Å². The third-order valence-corrected chi connectivity index (χ3v) is 8.38. The molecule has 2 heterocycles. The number of anilines is 2. The molecule has 0 aliphatic carbocycles. The molecular weight excluding hydrogens is 587 g/mol. The Morgan fingerprint density at radius 3 is 2.39 bits per heavy atom. The molecule has 0 unspecified atom stereocenters. The maximum Gasteiger partial charge on any atom is 0.267 e. The van der Waals surface area contributed by atoms with Gasteiger partial charge >= 0.3 is 0 Å². The van der Waals surface area contributed by atoms with Crippen molar-refractivity contribution >= 4 is 81.1 Å². The topological polar surface area (TPSA) is 73.9 Å². The van der Waals surface area contributed by atoms with Gasteiger partial charge < -0.3 is 20.3 Å². The number of amides is 2. The van der Waals surface area contributed by atoms with Crippen LogP contribution >= 0.6 is 57.9 Å². The second-order valence-electron chi connectivity index (χ2n) is 8.78. The molecule has 0 spiro atoms. The maximum absolute atomic E-state index is 13.4. The molecule has 12 heteroatoms. The fourth-order valence-corrected chi connectivity index (χ4v) is 5.74. The van der Waals surface area contributed by atoms with Crippen molar-refractivity contribution in [3.05, 3.63) is 72.9 Å². The summed E-state index contributed by atoms with van der Waals surface area (Å²) in [4.78, 5) is 31.7. The number of thioether (sulfide) groups is 1. The highest BCUT2D eigenvalue weighted by Gasteiger charge is 2.24. The Bertz CT molecular complexity index is 1300. The summed E-state index contributed by atoms with van der Waals surface area (Å²) >= 11 is 21.7. The zero-order valence-corrected chi connectivity index (χ0v) is 24.8. The molecule has 7 nitrogen and oxygen atoms in total. The highest BCUT2D eigenvalue weighted by Crippen LogP contribution is 2.36. The molecule has 202 valence electrons. The van der Waals surface area contributed by atoms with E-state index in [1.165, 1.54) is 29.2 Å². The highest BCUT2D eigenvalue weighted by molar-refractivity contribution is 7.98. The van der Waals surface area contributed by atoms with E-state index < -0.39 is 11.8 Å². The minimum absolute atomic E-state index is 0.155. The van der Waals surface area contributed by atoms with Crippen LogP contribution in [-0.4, -0.2) is 67.0 Å². The van der Waals surface area contributed by atoms with Crippen LogP contribution in [0.2, 0.25) is 15.1 Å². The van der Waals surface area contributed by atoms with Crippen LogP contribution in [0.25, 0.3) is 0 Å². The first-order valence-corrected chi connectivity index (χ1v) is 15.2. The first kappa shape index (κ1) is 29.0. The van der Waals surface area contributed by atoms with Gasteiger partial charge in [-0.2, -0.15) is 0 Å². The summed E-state index contributed by atoms with van der Waals surface area (Å²) < 4.78 is 5.83. The Kier molecular flexibility index (Phi) is 10.2. The van der Waals surface area contributed by atoms with Gasteiger partial charge in [-0.1, -0.05) is 34.8 Å². The van der Waals surface area contributed by atoms with Gasteiger partial charge in [0.15, 0.2) is 0 Å². The second-order valence-corrected chi connectivity index (χ2v) is 11.7. The zero-order valence-electron chi connectivity index (χ0n) is 20.9. The molecule has 4 rings (SSSR count). The number of ether oxygens (including phenoxy) is 1. The summed E-state index contributed by atoms with van der Waals surface area (Å²) in [5.74, 6) is -0.309. The van der Waals surface area contributed by atoms with Gasteiger partial charge in [-0.05, 0) is 54.6 Å². The van der Waals surface area contributed by atoms with Gasteiger partial charge in [0.1, 0.15) is 16.6 Å². The fourth-order valence-electron chi connectivity index (χ4n) is 3.91. The highest BCUT2D eigenvalue weighted by atomic mass is 35.5. The van der Waals surface area contributed by atoms with Crippen LogP contribution in [0.4, 0.5) is 11.4 Å². The number of hydrogen-bond donors (Lipinski definition) is 2. The van der Waals surface area contributed by atoms with Crippen LogP contribution in [0.3, 0.4) is 0 Å². The summed E-state index contributed by atoms with van der Waals surface area (Å²) in [6, 6.07) is 9.76. The van der Waals surface area contributed by atoms with Crippen molar-refractivity contribution in [1.29, 1.82) is 0 Å². The monoisotopic (exact) mass is 612 g/mol. The van der Waals surface area contributed by atoms with Crippen LogP contribution in [0, 0.1) is 0 Å². The van der Waals surface area contributed by atoms with E-state index in [0.29, 0.717) is 38.1 Å². The number of carbonyl (C=O) groups excluding carboxylic acids is 2. The summed E-state index contributed by atoms with van der Waals surface area (Å²) in [6.07, 6.45) is 1.88. The molecule has 38 heavy (non-hydrogen) atoms. The van der Waals surface area contributed by atoms with Gasteiger partial charge in [0.2, 0.25) is 0 Å². The third kappa shape index (κ3) is 7.35. The third-order valence-electron chi connectivity index (χ3n) is 5.98. The van der Waals surface area contributed by atoms with E-state index in [2.05, 4.69) is 27.5 Å². The van der Waals surface area contributed by atoms with Crippen LogP contribution in [-0.2, 0) is 6.54 Å². The van der Waals surface area contributed by atoms with Crippen molar-refractivity contribution in [1.82, 2.24) is 9.80 Å². The minimum atomic E-state index is -0.466. The van der Waals surface area contributed by atoms with Gasteiger partial charge in [-0.15, -0.1) is 23.1 Å². The Labute approximate surface area is 245 Å². The molecule has 2 aromatic carbocycles. The van der Waals surface area contributed by atoms with Crippen molar-refractivity contribution in [2.75, 3.05) is 56.1 Å². The Morgan fingerprint density at radius 1 is 1.00 bits per heavy atom. The van der Waals surface area contributed by atoms with E-state index in [1.54, 1.807) is 30.3 Å². The molecule has 1 aliphatic heterocycles. The largest absolute Gasteiger partial charge is 0.481 e. The average Bonchev–Trinajstić information content (AvgIpc) is 3.26. The van der Waals surface area contributed by atoms with Gasteiger partial charge in [-0.25, -0.2) is 0 Å². The quantitative estimate of drug-likeness (QED) is 0.263. The lowest BCUT2D eigenvalue weighted by molar-refractivity contribution is 0.102. The van der Waals surface area contributed by atoms with E-state index >= 15 is 0 Å². The summed E-state index contributed by atoms with van der Waals surface area (Å²) in [6.45, 7) is 4.54. The molecule has 2 amide bonds. The number of rotatable bonds is 9. The summed E-state index contributed by atoms with van der Waals surface area (Å²) in [5, 5.41) is 8.85. The van der Waals surface area contributed by atoms with Crippen molar-refractivity contribution in [2.45, 2.75) is 6.54 Å². The Morgan fingerprint density at radius 2 is 1.71 bits per heavy atom. The number of piperazine rings is 1. The number of hydrogen-bond acceptors (Lipinski definition) is 7. The van der Waals surface area contributed by atoms with Crippen LogP contribution < -0.4 is 15.4 Å². The van der Waals surface area contributed by atoms with E-state index in [-0.39, 0.29) is 17.0 Å². The number of benzene rings is 2. The van der Waals surface area contributed by atoms with Gasteiger partial charge in [0.25, 0.3) is 11.8 Å². The van der Waals surface area contributed by atoms with Crippen LogP contribution in [0.1, 0.15) is 25.6 Å². The lowest BCUT2D eigenvalue weighted by Gasteiger charge is -2.32. The molecule has 3 aromatic rings. The molecule has 0 saturated carbocycles. The molecule has 2 N–H and O–H groups in total. The molecule has 1 saturated heterocycles. The van der Waals surface area contributed by atoms with Crippen molar-refractivity contribution in [3.63, 3.8) is 0 Å².